The van der Waals surface area contributed by atoms with Crippen molar-refractivity contribution in [3.8, 4) is 11.8 Å². The highest BCUT2D eigenvalue weighted by atomic mass is 16.5. The molecule has 0 saturated carbocycles. The Morgan fingerprint density at radius 2 is 1.90 bits per heavy atom. The summed E-state index contributed by atoms with van der Waals surface area (Å²) in [7, 11) is 0. The van der Waals surface area contributed by atoms with E-state index >= 15 is 0 Å². The van der Waals surface area contributed by atoms with Crippen LogP contribution in [0.3, 0.4) is 0 Å². The van der Waals surface area contributed by atoms with Crippen molar-refractivity contribution in [3.63, 3.8) is 0 Å². The predicted octanol–water partition coefficient (Wildman–Crippen LogP) is 2.69. The van der Waals surface area contributed by atoms with Gasteiger partial charge in [0.25, 0.3) is 0 Å². The van der Waals surface area contributed by atoms with Crippen LogP contribution >= 0.6 is 0 Å². The molecule has 0 aliphatic rings. The molecule has 0 unspecified atom stereocenters. The van der Waals surface area contributed by atoms with Crippen LogP contribution in [0.4, 0.5) is 5.69 Å². The number of aliphatic hydroxyl groups excluding tert-OH is 1. The third-order valence-corrected chi connectivity index (χ3v) is 2.81. The third kappa shape index (κ3) is 4.01. The van der Waals surface area contributed by atoms with Crippen LogP contribution in [0.25, 0.3) is 0 Å². The number of rotatable bonds is 6. The minimum atomic E-state index is 0.0347. The van der Waals surface area contributed by atoms with Crippen molar-refractivity contribution in [2.24, 2.45) is 0 Å². The van der Waals surface area contributed by atoms with Crippen molar-refractivity contribution in [1.82, 2.24) is 0 Å². The number of ether oxygens (including phenoxy) is 1. The highest BCUT2D eigenvalue weighted by Crippen LogP contribution is 2.16. The van der Waals surface area contributed by atoms with Crippen LogP contribution in [-0.2, 0) is 13.2 Å². The van der Waals surface area contributed by atoms with Gasteiger partial charge in [-0.15, -0.1) is 0 Å². The summed E-state index contributed by atoms with van der Waals surface area (Å²) in [5, 5.41) is 20.9. The van der Waals surface area contributed by atoms with Crippen LogP contribution < -0.4 is 10.1 Å². The molecular weight excluding hydrogens is 252 g/mol. The fourth-order valence-electron chi connectivity index (χ4n) is 1.84. The second-order valence-electron chi connectivity index (χ2n) is 4.31. The summed E-state index contributed by atoms with van der Waals surface area (Å²) in [5.74, 6) is 0.690. The first-order chi connectivity index (χ1) is 9.81. The second kappa shape index (κ2) is 7.17. The molecule has 2 N–H and O–H groups in total. The number of aliphatic hydroxyl groups is 1. The van der Waals surface area contributed by atoms with Gasteiger partial charge < -0.3 is 15.2 Å². The molecule has 2 aromatic carbocycles. The Morgan fingerprint density at radius 3 is 2.70 bits per heavy atom. The Labute approximate surface area is 118 Å². The van der Waals surface area contributed by atoms with E-state index in [1.807, 2.05) is 54.6 Å². The molecular formula is C16H16N2O2. The molecule has 0 aliphatic heterocycles. The van der Waals surface area contributed by atoms with Crippen molar-refractivity contribution < 1.29 is 9.84 Å². The van der Waals surface area contributed by atoms with E-state index in [0.717, 1.165) is 16.8 Å². The lowest BCUT2D eigenvalue weighted by molar-refractivity contribution is 0.282. The van der Waals surface area contributed by atoms with Gasteiger partial charge in [-0.05, 0) is 35.4 Å². The van der Waals surface area contributed by atoms with Crippen LogP contribution in [0.2, 0.25) is 0 Å². The highest BCUT2D eigenvalue weighted by Gasteiger charge is 1.98. The molecule has 0 aliphatic carbocycles. The Bertz CT molecular complexity index is 605. The zero-order valence-corrected chi connectivity index (χ0v) is 11.0. The van der Waals surface area contributed by atoms with Gasteiger partial charge in [-0.3, -0.25) is 0 Å². The lowest BCUT2D eigenvalue weighted by Gasteiger charge is -2.09. The maximum absolute atomic E-state index is 9.10. The molecule has 0 amide bonds. The first kappa shape index (κ1) is 13.9. The van der Waals surface area contributed by atoms with E-state index in [9.17, 15) is 0 Å². The van der Waals surface area contributed by atoms with Crippen LogP contribution in [0.15, 0.2) is 48.5 Å². The molecule has 0 spiro atoms. The molecule has 0 bridgehead atoms. The number of hydrogen-bond acceptors (Lipinski definition) is 4. The Kier molecular flexibility index (Phi) is 4.99. The van der Waals surface area contributed by atoms with Gasteiger partial charge in [-0.2, -0.15) is 5.26 Å². The van der Waals surface area contributed by atoms with E-state index in [1.165, 1.54) is 0 Å². The standard InChI is InChI=1S/C16H16N2O2/c17-7-8-20-16-6-2-3-13(10-16)11-18-15-5-1-4-14(9-15)12-19/h1-6,9-10,18-19H,8,11-12H2. The minimum Gasteiger partial charge on any atom is -0.479 e. The summed E-state index contributed by atoms with van der Waals surface area (Å²) < 4.78 is 5.26. The molecule has 4 nitrogen and oxygen atoms in total. The Hall–Kier alpha value is -2.51. The highest BCUT2D eigenvalue weighted by molar-refractivity contribution is 5.46. The van der Waals surface area contributed by atoms with Crippen LogP contribution in [0.5, 0.6) is 5.75 Å². The fraction of sp³-hybridized carbons (Fsp3) is 0.188. The minimum absolute atomic E-state index is 0.0347. The van der Waals surface area contributed by atoms with E-state index in [2.05, 4.69) is 5.32 Å². The van der Waals surface area contributed by atoms with Gasteiger partial charge in [0.15, 0.2) is 6.61 Å². The molecule has 4 heteroatoms. The zero-order valence-electron chi connectivity index (χ0n) is 11.0. The quantitative estimate of drug-likeness (QED) is 0.845. The third-order valence-electron chi connectivity index (χ3n) is 2.81. The Balaban J connectivity index is 1.98. The van der Waals surface area contributed by atoms with E-state index in [0.29, 0.717) is 12.3 Å². The smallest absolute Gasteiger partial charge is 0.174 e. The van der Waals surface area contributed by atoms with Crippen molar-refractivity contribution in [3.05, 3.63) is 59.7 Å². The van der Waals surface area contributed by atoms with E-state index in [-0.39, 0.29) is 13.2 Å². The van der Waals surface area contributed by atoms with Crippen molar-refractivity contribution in [2.45, 2.75) is 13.2 Å². The average Bonchev–Trinajstić information content (AvgIpc) is 2.51. The van der Waals surface area contributed by atoms with Crippen molar-refractivity contribution in [1.29, 1.82) is 5.26 Å². The van der Waals surface area contributed by atoms with Crippen molar-refractivity contribution in [2.75, 3.05) is 11.9 Å². The van der Waals surface area contributed by atoms with Gasteiger partial charge >= 0.3 is 0 Å². The number of anilines is 1. The van der Waals surface area contributed by atoms with Gasteiger partial charge in [0.2, 0.25) is 0 Å². The SMILES string of the molecule is N#CCOc1cccc(CNc2cccc(CO)c2)c1. The maximum atomic E-state index is 9.10. The summed E-state index contributed by atoms with van der Waals surface area (Å²) in [5.41, 5.74) is 2.90. The summed E-state index contributed by atoms with van der Waals surface area (Å²) >= 11 is 0. The number of hydrogen-bond donors (Lipinski definition) is 2. The van der Waals surface area contributed by atoms with Crippen LogP contribution in [0.1, 0.15) is 11.1 Å². The largest absolute Gasteiger partial charge is 0.479 e. The lowest BCUT2D eigenvalue weighted by Crippen LogP contribution is -2.01. The second-order valence-corrected chi connectivity index (χ2v) is 4.31. The van der Waals surface area contributed by atoms with E-state index < -0.39 is 0 Å². The number of benzene rings is 2. The van der Waals surface area contributed by atoms with Gasteiger partial charge in [-0.25, -0.2) is 0 Å². The molecule has 0 atom stereocenters. The predicted molar refractivity (Wildman–Crippen MR) is 77.2 cm³/mol. The van der Waals surface area contributed by atoms with Crippen LogP contribution in [-0.4, -0.2) is 11.7 Å². The zero-order chi connectivity index (χ0) is 14.2. The van der Waals surface area contributed by atoms with Gasteiger partial charge in [0.05, 0.1) is 6.61 Å². The first-order valence-corrected chi connectivity index (χ1v) is 6.34. The summed E-state index contributed by atoms with van der Waals surface area (Å²) in [6, 6.07) is 17.2. The lowest BCUT2D eigenvalue weighted by atomic mass is 10.2. The molecule has 0 aromatic heterocycles. The van der Waals surface area contributed by atoms with Gasteiger partial charge in [0.1, 0.15) is 11.8 Å². The average molecular weight is 268 g/mol. The molecule has 0 fully saturated rings. The summed E-state index contributed by atoms with van der Waals surface area (Å²) in [6.45, 7) is 0.737. The molecule has 0 heterocycles. The maximum Gasteiger partial charge on any atom is 0.174 e. The van der Waals surface area contributed by atoms with Crippen molar-refractivity contribution >= 4 is 5.69 Å². The van der Waals surface area contributed by atoms with Gasteiger partial charge in [0, 0.05) is 12.2 Å². The molecule has 0 saturated heterocycles. The Morgan fingerprint density at radius 1 is 1.10 bits per heavy atom. The van der Waals surface area contributed by atoms with Gasteiger partial charge in [-0.1, -0.05) is 24.3 Å². The molecule has 2 rings (SSSR count). The monoisotopic (exact) mass is 268 g/mol. The fourth-order valence-corrected chi connectivity index (χ4v) is 1.84. The summed E-state index contributed by atoms with van der Waals surface area (Å²) in [6.07, 6.45) is 0. The topological polar surface area (TPSA) is 65.3 Å². The number of nitrogens with one attached hydrogen (secondary N) is 1. The van der Waals surface area contributed by atoms with Crippen LogP contribution in [0, 0.1) is 11.3 Å². The molecule has 102 valence electrons. The first-order valence-electron chi connectivity index (χ1n) is 6.34. The molecule has 20 heavy (non-hydrogen) atoms. The number of nitriles is 1. The van der Waals surface area contributed by atoms with E-state index in [4.69, 9.17) is 15.1 Å². The molecule has 0 radical (unpaired) electrons. The normalized spacial score (nSPS) is 9.80. The summed E-state index contributed by atoms with van der Waals surface area (Å²) in [4.78, 5) is 0. The van der Waals surface area contributed by atoms with E-state index in [1.54, 1.807) is 0 Å². The number of nitrogens with zero attached hydrogens (tertiary/aromatic N) is 1. The molecule has 2 aromatic rings.